The molecule has 0 spiro atoms. The lowest BCUT2D eigenvalue weighted by atomic mass is 10.1. The van der Waals surface area contributed by atoms with Crippen molar-refractivity contribution in [2.45, 2.75) is 6.18 Å². The lowest BCUT2D eigenvalue weighted by Gasteiger charge is -2.20. The molecule has 0 unspecified atom stereocenters. The van der Waals surface area contributed by atoms with Crippen LogP contribution in [0.2, 0.25) is 0 Å². The van der Waals surface area contributed by atoms with Crippen LogP contribution in [0.15, 0.2) is 66.7 Å². The topological polar surface area (TPSA) is 79.9 Å². The van der Waals surface area contributed by atoms with Crippen molar-refractivity contribution in [3.63, 3.8) is 0 Å². The van der Waals surface area contributed by atoms with Gasteiger partial charge in [-0.25, -0.2) is 0 Å². The van der Waals surface area contributed by atoms with Crippen LogP contribution in [0, 0.1) is 0 Å². The summed E-state index contributed by atoms with van der Waals surface area (Å²) in [7, 11) is 4.78. The maximum atomic E-state index is 12.9. The molecule has 0 aromatic heterocycles. The number of carbonyl (C=O) groups excluding carboxylic acids is 2. The summed E-state index contributed by atoms with van der Waals surface area (Å²) in [6.07, 6.45) is -4.52. The summed E-state index contributed by atoms with van der Waals surface area (Å²) in [4.78, 5) is 26.8. The lowest BCUT2D eigenvalue weighted by Crippen LogP contribution is -2.30. The van der Waals surface area contributed by atoms with E-state index in [0.29, 0.717) is 17.2 Å². The zero-order chi connectivity index (χ0) is 25.6. The maximum Gasteiger partial charge on any atom is 0.416 e. The number of hydrogen-bond acceptors (Lipinski definition) is 5. The van der Waals surface area contributed by atoms with Gasteiger partial charge in [-0.1, -0.05) is 12.1 Å². The van der Waals surface area contributed by atoms with E-state index in [0.717, 1.165) is 17.8 Å². The number of hydrogen-bond donors (Lipinski definition) is 2. The van der Waals surface area contributed by atoms with Crippen LogP contribution in [0.5, 0.6) is 11.5 Å². The Morgan fingerprint density at radius 3 is 2.17 bits per heavy atom. The van der Waals surface area contributed by atoms with E-state index in [4.69, 9.17) is 9.47 Å². The summed E-state index contributed by atoms with van der Waals surface area (Å²) in [5.41, 5.74) is 0.415. The molecule has 7 nitrogen and oxygen atoms in total. The average molecular weight is 487 g/mol. The highest BCUT2D eigenvalue weighted by Gasteiger charge is 2.30. The normalized spacial score (nSPS) is 10.9. The van der Waals surface area contributed by atoms with Gasteiger partial charge < -0.3 is 25.0 Å². The number of anilines is 3. The highest BCUT2D eigenvalue weighted by Crippen LogP contribution is 2.32. The molecule has 3 aromatic rings. The molecule has 2 amide bonds. The van der Waals surface area contributed by atoms with Gasteiger partial charge in [0, 0.05) is 35.7 Å². The van der Waals surface area contributed by atoms with Gasteiger partial charge in [-0.15, -0.1) is 0 Å². The van der Waals surface area contributed by atoms with Crippen LogP contribution in [-0.2, 0) is 11.0 Å². The highest BCUT2D eigenvalue weighted by atomic mass is 19.4. The van der Waals surface area contributed by atoms with E-state index in [9.17, 15) is 22.8 Å². The molecule has 0 aliphatic heterocycles. The first kappa shape index (κ1) is 25.4. The number of benzene rings is 3. The number of rotatable bonds is 8. The molecule has 0 fully saturated rings. The molecule has 35 heavy (non-hydrogen) atoms. The van der Waals surface area contributed by atoms with Crippen molar-refractivity contribution < 1.29 is 32.2 Å². The Morgan fingerprint density at radius 2 is 1.51 bits per heavy atom. The van der Waals surface area contributed by atoms with E-state index in [1.165, 1.54) is 38.5 Å². The van der Waals surface area contributed by atoms with Gasteiger partial charge in [-0.3, -0.25) is 9.59 Å². The zero-order valence-electron chi connectivity index (χ0n) is 19.3. The molecule has 10 heteroatoms. The Balaban J connectivity index is 1.65. The first-order valence-electron chi connectivity index (χ1n) is 10.4. The fraction of sp³-hybridized carbons (Fsp3) is 0.200. The number of ether oxygens (including phenoxy) is 2. The van der Waals surface area contributed by atoms with Gasteiger partial charge in [0.05, 0.1) is 26.3 Å². The SMILES string of the molecule is COc1ccc(N(C)CC(=O)Nc2cccc(C(=O)Nc3cccc(C(F)(F)F)c3)c2)cc1OC. The Bertz CT molecular complexity index is 1210. The quantitative estimate of drug-likeness (QED) is 0.465. The summed E-state index contributed by atoms with van der Waals surface area (Å²) in [6, 6.07) is 15.7. The Labute approximate surface area is 200 Å². The molecule has 184 valence electrons. The van der Waals surface area contributed by atoms with Crippen LogP contribution in [0.4, 0.5) is 30.2 Å². The van der Waals surface area contributed by atoms with Gasteiger partial charge in [-0.05, 0) is 48.5 Å². The number of methoxy groups -OCH3 is 2. The molecular weight excluding hydrogens is 463 g/mol. The van der Waals surface area contributed by atoms with E-state index in [-0.39, 0.29) is 23.7 Å². The minimum atomic E-state index is -4.52. The minimum Gasteiger partial charge on any atom is -0.493 e. The number of halogens is 3. The summed E-state index contributed by atoms with van der Waals surface area (Å²) in [6.45, 7) is 0.0101. The van der Waals surface area contributed by atoms with Gasteiger partial charge in [0.1, 0.15) is 0 Å². The Morgan fingerprint density at radius 1 is 0.857 bits per heavy atom. The van der Waals surface area contributed by atoms with E-state index in [1.807, 2.05) is 0 Å². The van der Waals surface area contributed by atoms with E-state index < -0.39 is 17.6 Å². The number of nitrogens with one attached hydrogen (secondary N) is 2. The Hall–Kier alpha value is -4.21. The van der Waals surface area contributed by atoms with Gasteiger partial charge in [0.25, 0.3) is 5.91 Å². The second-order valence-corrected chi connectivity index (χ2v) is 7.56. The largest absolute Gasteiger partial charge is 0.493 e. The molecule has 0 heterocycles. The molecule has 2 N–H and O–H groups in total. The van der Waals surface area contributed by atoms with Crippen LogP contribution in [0.25, 0.3) is 0 Å². The second-order valence-electron chi connectivity index (χ2n) is 7.56. The van der Waals surface area contributed by atoms with E-state index in [1.54, 1.807) is 42.3 Å². The smallest absolute Gasteiger partial charge is 0.416 e. The van der Waals surface area contributed by atoms with Crippen molar-refractivity contribution in [1.29, 1.82) is 0 Å². The van der Waals surface area contributed by atoms with Crippen LogP contribution in [0.3, 0.4) is 0 Å². The molecule has 0 saturated heterocycles. The van der Waals surface area contributed by atoms with Crippen molar-refractivity contribution in [1.82, 2.24) is 0 Å². The molecule has 0 aliphatic rings. The number of carbonyl (C=O) groups is 2. The number of alkyl halides is 3. The third-order valence-electron chi connectivity index (χ3n) is 5.04. The van der Waals surface area contributed by atoms with Crippen molar-refractivity contribution >= 4 is 28.9 Å². The fourth-order valence-electron chi connectivity index (χ4n) is 3.28. The molecular formula is C25H24F3N3O4. The summed E-state index contributed by atoms with van der Waals surface area (Å²) >= 11 is 0. The molecule has 3 rings (SSSR count). The van der Waals surface area contributed by atoms with Crippen LogP contribution < -0.4 is 25.0 Å². The number of likely N-dealkylation sites (N-methyl/N-ethyl adjacent to an activating group) is 1. The van der Waals surface area contributed by atoms with Crippen molar-refractivity contribution in [2.24, 2.45) is 0 Å². The standard InChI is InChI=1S/C25H24F3N3O4/c1-31(20-10-11-21(34-2)22(14-20)35-3)15-23(32)29-18-8-4-6-16(12-18)24(33)30-19-9-5-7-17(13-19)25(26,27)28/h4-14H,15H2,1-3H3,(H,29,32)(H,30,33). The van der Waals surface area contributed by atoms with Crippen LogP contribution >= 0.6 is 0 Å². The van der Waals surface area contributed by atoms with Crippen molar-refractivity contribution in [3.8, 4) is 11.5 Å². The summed E-state index contributed by atoms with van der Waals surface area (Å²) in [5.74, 6) is 0.145. The first-order chi connectivity index (χ1) is 16.6. The van der Waals surface area contributed by atoms with E-state index in [2.05, 4.69) is 10.6 Å². The van der Waals surface area contributed by atoms with Crippen LogP contribution in [-0.4, -0.2) is 39.6 Å². The second kappa shape index (κ2) is 10.8. The van der Waals surface area contributed by atoms with Gasteiger partial charge in [0.15, 0.2) is 11.5 Å². The van der Waals surface area contributed by atoms with Gasteiger partial charge >= 0.3 is 6.18 Å². The predicted molar refractivity (Wildman–Crippen MR) is 127 cm³/mol. The molecule has 0 bridgehead atoms. The fourth-order valence-corrected chi connectivity index (χ4v) is 3.28. The first-order valence-corrected chi connectivity index (χ1v) is 10.4. The monoisotopic (exact) mass is 487 g/mol. The summed E-state index contributed by atoms with van der Waals surface area (Å²) in [5, 5.41) is 5.16. The molecule has 0 saturated carbocycles. The van der Waals surface area contributed by atoms with Gasteiger partial charge in [0.2, 0.25) is 5.91 Å². The minimum absolute atomic E-state index is 0.0100. The molecule has 0 radical (unpaired) electrons. The maximum absolute atomic E-state index is 12.9. The van der Waals surface area contributed by atoms with E-state index >= 15 is 0 Å². The zero-order valence-corrected chi connectivity index (χ0v) is 19.3. The molecule has 0 atom stereocenters. The number of nitrogens with zero attached hydrogens (tertiary/aromatic N) is 1. The third-order valence-corrected chi connectivity index (χ3v) is 5.04. The summed E-state index contributed by atoms with van der Waals surface area (Å²) < 4.78 is 49.2. The predicted octanol–water partition coefficient (Wildman–Crippen LogP) is 5.05. The average Bonchev–Trinajstić information content (AvgIpc) is 2.83. The molecule has 0 aliphatic carbocycles. The van der Waals surface area contributed by atoms with Crippen molar-refractivity contribution in [3.05, 3.63) is 77.9 Å². The van der Waals surface area contributed by atoms with Gasteiger partial charge in [-0.2, -0.15) is 13.2 Å². The lowest BCUT2D eigenvalue weighted by molar-refractivity contribution is -0.137. The molecule has 3 aromatic carbocycles. The Kier molecular flexibility index (Phi) is 7.85. The number of amides is 2. The third kappa shape index (κ3) is 6.66. The van der Waals surface area contributed by atoms with Crippen molar-refractivity contribution in [2.75, 3.05) is 43.3 Å². The highest BCUT2D eigenvalue weighted by molar-refractivity contribution is 6.05. The van der Waals surface area contributed by atoms with Crippen LogP contribution in [0.1, 0.15) is 15.9 Å².